The van der Waals surface area contributed by atoms with Crippen molar-refractivity contribution < 1.29 is 17.9 Å². The van der Waals surface area contributed by atoms with Gasteiger partial charge in [0.15, 0.2) is 0 Å². The van der Waals surface area contributed by atoms with Crippen LogP contribution in [0.15, 0.2) is 48.7 Å². The molecular formula is C22H25F3N2O. The van der Waals surface area contributed by atoms with Gasteiger partial charge < -0.3 is 14.6 Å². The van der Waals surface area contributed by atoms with Crippen LogP contribution in [-0.2, 0) is 26.1 Å². The minimum absolute atomic E-state index is 0.579. The summed E-state index contributed by atoms with van der Waals surface area (Å²) < 4.78 is 45.7. The molecular weight excluding hydrogens is 365 g/mol. The number of aryl methyl sites for hydroxylation is 2. The first-order valence-electron chi connectivity index (χ1n) is 9.37. The van der Waals surface area contributed by atoms with Crippen molar-refractivity contribution in [1.29, 1.82) is 0 Å². The molecule has 150 valence electrons. The van der Waals surface area contributed by atoms with Crippen LogP contribution >= 0.6 is 0 Å². The summed E-state index contributed by atoms with van der Waals surface area (Å²) in [5.41, 5.74) is 2.56. The Kier molecular flexibility index (Phi) is 6.29. The number of nitrogens with zero attached hydrogens (tertiary/aromatic N) is 1. The predicted octanol–water partition coefficient (Wildman–Crippen LogP) is 4.97. The summed E-state index contributed by atoms with van der Waals surface area (Å²) >= 11 is 0. The molecule has 0 aliphatic heterocycles. The van der Waals surface area contributed by atoms with Gasteiger partial charge in [0.25, 0.3) is 0 Å². The zero-order valence-corrected chi connectivity index (χ0v) is 16.1. The third-order valence-corrected chi connectivity index (χ3v) is 4.92. The fourth-order valence-electron chi connectivity index (χ4n) is 3.45. The molecule has 0 spiro atoms. The second-order valence-electron chi connectivity index (χ2n) is 6.95. The van der Waals surface area contributed by atoms with Gasteiger partial charge in [-0.15, -0.1) is 0 Å². The van der Waals surface area contributed by atoms with Crippen LogP contribution in [0.2, 0.25) is 0 Å². The lowest BCUT2D eigenvalue weighted by Crippen LogP contribution is -2.19. The van der Waals surface area contributed by atoms with Gasteiger partial charge in [-0.3, -0.25) is 0 Å². The molecule has 0 radical (unpaired) electrons. The number of hydrogen-bond acceptors (Lipinski definition) is 2. The maximum absolute atomic E-state index is 12.8. The number of nitrogens with one attached hydrogen (secondary N) is 1. The van der Waals surface area contributed by atoms with Crippen LogP contribution in [0, 0.1) is 0 Å². The van der Waals surface area contributed by atoms with Crippen LogP contribution in [0.25, 0.3) is 10.9 Å². The topological polar surface area (TPSA) is 26.2 Å². The van der Waals surface area contributed by atoms with E-state index >= 15 is 0 Å². The highest BCUT2D eigenvalue weighted by atomic mass is 19.4. The molecule has 0 aliphatic carbocycles. The average molecular weight is 390 g/mol. The van der Waals surface area contributed by atoms with E-state index in [2.05, 4.69) is 28.2 Å². The van der Waals surface area contributed by atoms with Crippen LogP contribution in [-0.4, -0.2) is 24.8 Å². The predicted molar refractivity (Wildman–Crippen MR) is 106 cm³/mol. The maximum atomic E-state index is 12.8. The van der Waals surface area contributed by atoms with E-state index in [1.54, 1.807) is 13.2 Å². The highest BCUT2D eigenvalue weighted by molar-refractivity contribution is 5.85. The molecule has 1 aromatic heterocycles. The van der Waals surface area contributed by atoms with Crippen molar-refractivity contribution in [3.05, 3.63) is 65.4 Å². The Bertz CT molecular complexity index is 931. The standard InChI is InChI=1S/C22H25F3N2O/c1-27-15-17(20-14-19(28-2)8-9-21(20)27)10-12-26-11-4-6-16-5-3-7-18(13-16)22(23,24)25/h3,5,7-9,13-15,26H,4,6,10-12H2,1-2H3. The molecule has 3 aromatic rings. The normalized spacial score (nSPS) is 11.9. The summed E-state index contributed by atoms with van der Waals surface area (Å²) in [6.45, 7) is 1.59. The van der Waals surface area contributed by atoms with Gasteiger partial charge in [-0.2, -0.15) is 13.2 Å². The number of benzene rings is 2. The first-order valence-corrected chi connectivity index (χ1v) is 9.37. The van der Waals surface area contributed by atoms with Crippen LogP contribution in [0.4, 0.5) is 13.2 Å². The molecule has 0 bridgehead atoms. The zero-order valence-electron chi connectivity index (χ0n) is 16.1. The van der Waals surface area contributed by atoms with E-state index in [1.807, 2.05) is 13.1 Å². The number of fused-ring (bicyclic) bond motifs is 1. The Morgan fingerprint density at radius 1 is 1.04 bits per heavy atom. The van der Waals surface area contributed by atoms with Crippen molar-refractivity contribution in [2.45, 2.75) is 25.4 Å². The Morgan fingerprint density at radius 3 is 2.61 bits per heavy atom. The lowest BCUT2D eigenvalue weighted by Gasteiger charge is -2.09. The van der Waals surface area contributed by atoms with Crippen LogP contribution in [0.5, 0.6) is 5.75 Å². The van der Waals surface area contributed by atoms with E-state index in [1.165, 1.54) is 28.6 Å². The molecule has 1 heterocycles. The van der Waals surface area contributed by atoms with Gasteiger partial charge >= 0.3 is 6.18 Å². The van der Waals surface area contributed by atoms with E-state index in [0.717, 1.165) is 43.3 Å². The van der Waals surface area contributed by atoms with E-state index in [-0.39, 0.29) is 0 Å². The molecule has 3 nitrogen and oxygen atoms in total. The minimum atomic E-state index is -4.28. The SMILES string of the molecule is COc1ccc2c(c1)c(CCNCCCc1cccc(C(F)(F)F)c1)cn2C. The quantitative estimate of drug-likeness (QED) is 0.550. The van der Waals surface area contributed by atoms with Gasteiger partial charge in [0.2, 0.25) is 0 Å². The lowest BCUT2D eigenvalue weighted by molar-refractivity contribution is -0.137. The summed E-state index contributed by atoms with van der Waals surface area (Å²) in [5, 5.41) is 4.58. The summed E-state index contributed by atoms with van der Waals surface area (Å²) in [7, 11) is 3.69. The second-order valence-corrected chi connectivity index (χ2v) is 6.95. The number of ether oxygens (including phenoxy) is 1. The first-order chi connectivity index (χ1) is 13.4. The van der Waals surface area contributed by atoms with Gasteiger partial charge in [0.05, 0.1) is 12.7 Å². The Labute approximate surface area is 163 Å². The summed E-state index contributed by atoms with van der Waals surface area (Å²) in [4.78, 5) is 0. The van der Waals surface area contributed by atoms with Crippen molar-refractivity contribution >= 4 is 10.9 Å². The molecule has 0 amide bonds. The van der Waals surface area contributed by atoms with Crippen molar-refractivity contribution in [3.63, 3.8) is 0 Å². The lowest BCUT2D eigenvalue weighted by atomic mass is 10.1. The molecule has 0 aliphatic rings. The summed E-state index contributed by atoms with van der Waals surface area (Å²) in [6.07, 6.45) is 0.158. The van der Waals surface area contributed by atoms with E-state index in [4.69, 9.17) is 4.74 Å². The average Bonchev–Trinajstić information content (AvgIpc) is 2.99. The largest absolute Gasteiger partial charge is 0.497 e. The van der Waals surface area contributed by atoms with Crippen molar-refractivity contribution in [3.8, 4) is 5.75 Å². The monoisotopic (exact) mass is 390 g/mol. The minimum Gasteiger partial charge on any atom is -0.497 e. The first kappa shape index (κ1) is 20.3. The van der Waals surface area contributed by atoms with Crippen molar-refractivity contribution in [2.24, 2.45) is 7.05 Å². The van der Waals surface area contributed by atoms with Crippen LogP contribution < -0.4 is 10.1 Å². The maximum Gasteiger partial charge on any atom is 0.416 e. The Morgan fingerprint density at radius 2 is 1.86 bits per heavy atom. The van der Waals surface area contributed by atoms with Gasteiger partial charge in [-0.1, -0.05) is 18.2 Å². The molecule has 0 unspecified atom stereocenters. The molecule has 0 saturated carbocycles. The Hall–Kier alpha value is -2.47. The molecule has 0 fully saturated rings. The van der Waals surface area contributed by atoms with Crippen molar-refractivity contribution in [2.75, 3.05) is 20.2 Å². The number of alkyl halides is 3. The molecule has 2 aromatic carbocycles. The third-order valence-electron chi connectivity index (χ3n) is 4.92. The fourth-order valence-corrected chi connectivity index (χ4v) is 3.45. The van der Waals surface area contributed by atoms with E-state index in [9.17, 15) is 13.2 Å². The third kappa shape index (κ3) is 4.87. The molecule has 0 saturated heterocycles. The highest BCUT2D eigenvalue weighted by Crippen LogP contribution is 2.29. The Balaban J connectivity index is 1.47. The smallest absolute Gasteiger partial charge is 0.416 e. The highest BCUT2D eigenvalue weighted by Gasteiger charge is 2.30. The number of halogens is 3. The van der Waals surface area contributed by atoms with Crippen molar-refractivity contribution in [1.82, 2.24) is 9.88 Å². The van der Waals surface area contributed by atoms with E-state index in [0.29, 0.717) is 6.42 Å². The molecule has 3 rings (SSSR count). The van der Waals surface area contributed by atoms with E-state index < -0.39 is 11.7 Å². The molecule has 0 atom stereocenters. The van der Waals surface area contributed by atoms with Gasteiger partial charge in [0, 0.05) is 24.1 Å². The number of hydrogen-bond donors (Lipinski definition) is 1. The molecule has 28 heavy (non-hydrogen) atoms. The summed E-state index contributed by atoms with van der Waals surface area (Å²) in [6, 6.07) is 11.6. The zero-order chi connectivity index (χ0) is 20.1. The fraction of sp³-hybridized carbons (Fsp3) is 0.364. The van der Waals surface area contributed by atoms with Gasteiger partial charge in [0.1, 0.15) is 5.75 Å². The molecule has 1 N–H and O–H groups in total. The second kappa shape index (κ2) is 8.69. The number of methoxy groups -OCH3 is 1. The number of rotatable bonds is 8. The van der Waals surface area contributed by atoms with Gasteiger partial charge in [-0.05, 0) is 67.7 Å². The van der Waals surface area contributed by atoms with Gasteiger partial charge in [-0.25, -0.2) is 0 Å². The number of aromatic nitrogens is 1. The van der Waals surface area contributed by atoms with Crippen LogP contribution in [0.3, 0.4) is 0 Å². The summed E-state index contributed by atoms with van der Waals surface area (Å²) in [5.74, 6) is 0.842. The molecule has 6 heteroatoms. The van der Waals surface area contributed by atoms with Crippen LogP contribution in [0.1, 0.15) is 23.1 Å².